The first kappa shape index (κ1) is 11.9. The fourth-order valence-corrected chi connectivity index (χ4v) is 4.06. The quantitative estimate of drug-likeness (QED) is 0.552. The van der Waals surface area contributed by atoms with Crippen LogP contribution in [0.3, 0.4) is 0 Å². The fraction of sp³-hybridized carbons (Fsp3) is 0.133. The molecule has 0 spiro atoms. The first-order valence-electron chi connectivity index (χ1n) is 5.77. The average Bonchev–Trinajstić information content (AvgIpc) is 2.74. The lowest BCUT2D eigenvalue weighted by Gasteiger charge is -2.06. The van der Waals surface area contributed by atoms with Crippen molar-refractivity contribution in [3.63, 3.8) is 0 Å². The van der Waals surface area contributed by atoms with E-state index in [1.165, 1.54) is 31.7 Å². The van der Waals surface area contributed by atoms with Crippen LogP contribution in [0, 0.1) is 13.8 Å². The van der Waals surface area contributed by atoms with Crippen LogP contribution < -0.4 is 0 Å². The van der Waals surface area contributed by atoms with Gasteiger partial charge in [-0.05, 0) is 64.0 Å². The molecule has 0 saturated heterocycles. The minimum Gasteiger partial charge on any atom is -0.248 e. The molecule has 0 saturated carbocycles. The summed E-state index contributed by atoms with van der Waals surface area (Å²) in [6.07, 6.45) is 1.84. The first-order chi connectivity index (χ1) is 8.66. The minimum absolute atomic E-state index is 0.933. The van der Waals surface area contributed by atoms with E-state index in [1.807, 2.05) is 6.20 Å². The number of aryl methyl sites for hydroxylation is 2. The molecule has 0 N–H and O–H groups in total. The van der Waals surface area contributed by atoms with Crippen LogP contribution in [0.2, 0.25) is 0 Å². The number of pyridine rings is 1. The molecular weight excluding hydrogens is 306 g/mol. The van der Waals surface area contributed by atoms with Gasteiger partial charge >= 0.3 is 0 Å². The molecule has 0 aliphatic heterocycles. The average molecular weight is 318 g/mol. The summed E-state index contributed by atoms with van der Waals surface area (Å²) < 4.78 is 2.15. The predicted molar refractivity (Wildman–Crippen MR) is 82.2 cm³/mol. The van der Waals surface area contributed by atoms with Gasteiger partial charge in [0.2, 0.25) is 0 Å². The fourth-order valence-electron chi connectivity index (χ4n) is 2.26. The predicted octanol–water partition coefficient (Wildman–Crippen LogP) is 5.34. The molecule has 18 heavy (non-hydrogen) atoms. The molecule has 0 fully saturated rings. The van der Waals surface area contributed by atoms with Gasteiger partial charge in [0, 0.05) is 11.1 Å². The summed E-state index contributed by atoms with van der Waals surface area (Å²) in [6.45, 7) is 4.33. The molecule has 3 heteroatoms. The highest BCUT2D eigenvalue weighted by atomic mass is 79.9. The molecule has 1 nitrogen and oxygen atoms in total. The van der Waals surface area contributed by atoms with Gasteiger partial charge < -0.3 is 0 Å². The zero-order valence-electron chi connectivity index (χ0n) is 10.2. The number of rotatable bonds is 1. The third-order valence-corrected chi connectivity index (χ3v) is 5.16. The molecule has 0 unspecified atom stereocenters. The lowest BCUT2D eigenvalue weighted by molar-refractivity contribution is 1.32. The normalized spacial score (nSPS) is 11.1. The largest absolute Gasteiger partial charge is 0.248 e. The second-order valence-corrected chi connectivity index (χ2v) is 6.20. The Hall–Kier alpha value is -1.19. The van der Waals surface area contributed by atoms with Gasteiger partial charge in [0.05, 0.1) is 4.70 Å². The second kappa shape index (κ2) is 4.48. The topological polar surface area (TPSA) is 12.9 Å². The van der Waals surface area contributed by atoms with Crippen molar-refractivity contribution < 1.29 is 0 Å². The number of hydrogen-bond acceptors (Lipinski definition) is 2. The van der Waals surface area contributed by atoms with Gasteiger partial charge in [-0.3, -0.25) is 0 Å². The van der Waals surface area contributed by atoms with Crippen LogP contribution >= 0.6 is 27.3 Å². The molecule has 0 aliphatic rings. The SMILES string of the molecule is Cc1cccc(C)c1-c1cc2ccnc(Br)c2s1. The number of benzene rings is 1. The van der Waals surface area contributed by atoms with Crippen molar-refractivity contribution in [1.29, 1.82) is 0 Å². The van der Waals surface area contributed by atoms with Crippen molar-refractivity contribution in [2.24, 2.45) is 0 Å². The summed E-state index contributed by atoms with van der Waals surface area (Å²) in [7, 11) is 0. The maximum atomic E-state index is 4.29. The molecule has 2 heterocycles. The van der Waals surface area contributed by atoms with Crippen molar-refractivity contribution in [1.82, 2.24) is 4.98 Å². The van der Waals surface area contributed by atoms with Crippen LogP contribution in [-0.2, 0) is 0 Å². The third-order valence-electron chi connectivity index (χ3n) is 3.12. The number of thiophene rings is 1. The highest BCUT2D eigenvalue weighted by Gasteiger charge is 2.10. The van der Waals surface area contributed by atoms with Gasteiger partial charge in [-0.25, -0.2) is 4.98 Å². The summed E-state index contributed by atoms with van der Waals surface area (Å²) in [4.78, 5) is 5.60. The Labute approximate surface area is 119 Å². The Balaban J connectivity index is 2.30. The van der Waals surface area contributed by atoms with E-state index >= 15 is 0 Å². The molecule has 0 aliphatic carbocycles. The van der Waals surface area contributed by atoms with Crippen LogP contribution in [0.1, 0.15) is 11.1 Å². The van der Waals surface area contributed by atoms with Gasteiger partial charge in [-0.1, -0.05) is 18.2 Å². The number of aromatic nitrogens is 1. The van der Waals surface area contributed by atoms with E-state index in [0.717, 1.165) is 4.60 Å². The number of halogens is 1. The summed E-state index contributed by atoms with van der Waals surface area (Å²) >= 11 is 5.32. The number of fused-ring (bicyclic) bond motifs is 1. The van der Waals surface area contributed by atoms with Crippen LogP contribution in [0.4, 0.5) is 0 Å². The third kappa shape index (κ3) is 1.88. The Bertz CT molecular complexity index is 710. The van der Waals surface area contributed by atoms with E-state index in [4.69, 9.17) is 0 Å². The first-order valence-corrected chi connectivity index (χ1v) is 7.38. The highest BCUT2D eigenvalue weighted by Crippen LogP contribution is 2.38. The number of nitrogens with zero attached hydrogens (tertiary/aromatic N) is 1. The molecule has 0 bridgehead atoms. The Morgan fingerprint density at radius 3 is 2.50 bits per heavy atom. The molecule has 90 valence electrons. The van der Waals surface area contributed by atoms with E-state index in [1.54, 1.807) is 11.3 Å². The Kier molecular flexibility index (Phi) is 2.96. The molecule has 3 aromatic rings. The maximum Gasteiger partial charge on any atom is 0.123 e. The van der Waals surface area contributed by atoms with Crippen molar-refractivity contribution in [3.05, 3.63) is 52.3 Å². The van der Waals surface area contributed by atoms with E-state index in [-0.39, 0.29) is 0 Å². The summed E-state index contributed by atoms with van der Waals surface area (Å²) in [6, 6.07) is 10.8. The molecule has 0 radical (unpaired) electrons. The second-order valence-electron chi connectivity index (χ2n) is 4.40. The van der Waals surface area contributed by atoms with Crippen molar-refractivity contribution in [2.45, 2.75) is 13.8 Å². The zero-order chi connectivity index (χ0) is 12.7. The zero-order valence-corrected chi connectivity index (χ0v) is 12.6. The van der Waals surface area contributed by atoms with E-state index in [2.05, 4.69) is 65.1 Å². The monoisotopic (exact) mass is 317 g/mol. The van der Waals surface area contributed by atoms with Crippen LogP contribution in [0.15, 0.2) is 41.1 Å². The van der Waals surface area contributed by atoms with Gasteiger partial charge in [0.15, 0.2) is 0 Å². The van der Waals surface area contributed by atoms with Crippen molar-refractivity contribution in [3.8, 4) is 10.4 Å². The maximum absolute atomic E-state index is 4.29. The lowest BCUT2D eigenvalue weighted by Crippen LogP contribution is -1.84. The van der Waals surface area contributed by atoms with Gasteiger partial charge in [-0.15, -0.1) is 11.3 Å². The molecule has 3 rings (SSSR count). The molecule has 2 aromatic heterocycles. The molecule has 1 aromatic carbocycles. The summed E-state index contributed by atoms with van der Waals surface area (Å²) in [5.74, 6) is 0. The van der Waals surface area contributed by atoms with E-state index in [9.17, 15) is 0 Å². The van der Waals surface area contributed by atoms with Crippen LogP contribution in [0.25, 0.3) is 20.5 Å². The number of hydrogen-bond donors (Lipinski definition) is 0. The van der Waals surface area contributed by atoms with Gasteiger partial charge in [0.1, 0.15) is 4.60 Å². The standard InChI is InChI=1S/C15H12BrNS/c1-9-4-3-5-10(2)13(9)12-8-11-6-7-17-15(16)14(11)18-12/h3-8H,1-2H3. The highest BCUT2D eigenvalue weighted by molar-refractivity contribution is 9.10. The Morgan fingerprint density at radius 1 is 1.11 bits per heavy atom. The molecule has 0 amide bonds. The van der Waals surface area contributed by atoms with Crippen molar-refractivity contribution in [2.75, 3.05) is 0 Å². The van der Waals surface area contributed by atoms with Gasteiger partial charge in [-0.2, -0.15) is 0 Å². The van der Waals surface area contributed by atoms with E-state index in [0.29, 0.717) is 0 Å². The Morgan fingerprint density at radius 2 is 1.83 bits per heavy atom. The lowest BCUT2D eigenvalue weighted by atomic mass is 10.0. The van der Waals surface area contributed by atoms with E-state index < -0.39 is 0 Å². The van der Waals surface area contributed by atoms with Gasteiger partial charge in [0.25, 0.3) is 0 Å². The van der Waals surface area contributed by atoms with Crippen LogP contribution in [-0.4, -0.2) is 4.98 Å². The molecular formula is C15H12BrNS. The smallest absolute Gasteiger partial charge is 0.123 e. The summed E-state index contributed by atoms with van der Waals surface area (Å²) in [5.41, 5.74) is 4.00. The van der Waals surface area contributed by atoms with Crippen molar-refractivity contribution >= 4 is 37.4 Å². The van der Waals surface area contributed by atoms with Crippen LogP contribution in [0.5, 0.6) is 0 Å². The minimum atomic E-state index is 0.933. The summed E-state index contributed by atoms with van der Waals surface area (Å²) in [5, 5.41) is 1.25. The molecule has 0 atom stereocenters.